The lowest BCUT2D eigenvalue weighted by atomic mass is 10.1. The van der Waals surface area contributed by atoms with Gasteiger partial charge in [-0.2, -0.15) is 0 Å². The highest BCUT2D eigenvalue weighted by Gasteiger charge is 2.29. The van der Waals surface area contributed by atoms with Crippen LogP contribution in [-0.2, 0) is 0 Å². The summed E-state index contributed by atoms with van der Waals surface area (Å²) in [6.07, 6.45) is 2.09. The number of rotatable bonds is 2. The van der Waals surface area contributed by atoms with Gasteiger partial charge in [0.15, 0.2) is 0 Å². The number of benzene rings is 1. The Bertz CT molecular complexity index is 435. The maximum absolute atomic E-state index is 12.5. The molecule has 0 N–H and O–H groups in total. The van der Waals surface area contributed by atoms with Gasteiger partial charge in [0.1, 0.15) is 0 Å². The second-order valence-corrected chi connectivity index (χ2v) is 5.77. The van der Waals surface area contributed by atoms with E-state index in [1.54, 1.807) is 0 Å². The first-order valence-electron chi connectivity index (χ1n) is 5.77. The minimum Gasteiger partial charge on any atom is -0.334 e. The maximum atomic E-state index is 12.5. The minimum absolute atomic E-state index is 0.126. The van der Waals surface area contributed by atoms with E-state index in [-0.39, 0.29) is 11.9 Å². The number of hydrogen-bond donors (Lipinski definition) is 0. The van der Waals surface area contributed by atoms with Crippen molar-refractivity contribution in [3.05, 3.63) is 32.9 Å². The molecule has 1 aromatic rings. The molecule has 1 amide bonds. The number of alkyl halides is 1. The Morgan fingerprint density at radius 1 is 1.59 bits per heavy atom. The molecule has 0 bridgehead atoms. The van der Waals surface area contributed by atoms with Crippen LogP contribution in [0.2, 0.25) is 0 Å². The molecule has 1 aliphatic rings. The standard InChI is InChI=1S/C13H15ClINO/c1-9-4-2-6-11(12(9)15)13(17)16-7-3-5-10(16)8-14/h2,4,6,10H,3,5,7-8H2,1H3. The summed E-state index contributed by atoms with van der Waals surface area (Å²) in [6, 6.07) is 6.08. The molecule has 0 aromatic heterocycles. The number of aryl methyl sites for hydroxylation is 1. The molecule has 1 aliphatic heterocycles. The number of halogens is 2. The molecule has 1 saturated heterocycles. The van der Waals surface area contributed by atoms with Crippen LogP contribution in [0.25, 0.3) is 0 Å². The first kappa shape index (κ1) is 13.1. The van der Waals surface area contributed by atoms with Crippen molar-refractivity contribution in [3.8, 4) is 0 Å². The van der Waals surface area contributed by atoms with E-state index in [0.717, 1.165) is 34.1 Å². The zero-order valence-corrected chi connectivity index (χ0v) is 12.7. The van der Waals surface area contributed by atoms with E-state index in [0.29, 0.717) is 5.88 Å². The molecule has 4 heteroatoms. The van der Waals surface area contributed by atoms with Gasteiger partial charge in [-0.05, 0) is 54.0 Å². The van der Waals surface area contributed by atoms with Gasteiger partial charge in [-0.3, -0.25) is 4.79 Å². The molecule has 0 spiro atoms. The Kier molecular flexibility index (Phi) is 4.31. The van der Waals surface area contributed by atoms with Crippen LogP contribution in [-0.4, -0.2) is 29.3 Å². The van der Waals surface area contributed by atoms with Crippen LogP contribution in [0.5, 0.6) is 0 Å². The van der Waals surface area contributed by atoms with Crippen molar-refractivity contribution in [2.75, 3.05) is 12.4 Å². The number of nitrogens with zero attached hydrogens (tertiary/aromatic N) is 1. The summed E-state index contributed by atoms with van der Waals surface area (Å²) in [5.41, 5.74) is 1.96. The number of amides is 1. The summed E-state index contributed by atoms with van der Waals surface area (Å²) >= 11 is 8.15. The molecule has 2 nitrogen and oxygen atoms in total. The third kappa shape index (κ3) is 2.60. The average molecular weight is 364 g/mol. The summed E-state index contributed by atoms with van der Waals surface area (Å²) in [7, 11) is 0. The van der Waals surface area contributed by atoms with Gasteiger partial charge in [-0.15, -0.1) is 11.6 Å². The average Bonchev–Trinajstić information content (AvgIpc) is 2.80. The van der Waals surface area contributed by atoms with E-state index >= 15 is 0 Å². The van der Waals surface area contributed by atoms with Gasteiger partial charge in [0.25, 0.3) is 5.91 Å². The van der Waals surface area contributed by atoms with Gasteiger partial charge < -0.3 is 4.90 Å². The first-order chi connectivity index (χ1) is 8.15. The highest BCUT2D eigenvalue weighted by atomic mass is 127. The van der Waals surface area contributed by atoms with Crippen molar-refractivity contribution in [1.82, 2.24) is 4.90 Å². The Morgan fingerprint density at radius 2 is 2.35 bits per heavy atom. The molecule has 17 heavy (non-hydrogen) atoms. The van der Waals surface area contributed by atoms with Crippen molar-refractivity contribution in [1.29, 1.82) is 0 Å². The third-order valence-electron chi connectivity index (χ3n) is 3.24. The van der Waals surface area contributed by atoms with E-state index in [4.69, 9.17) is 11.6 Å². The van der Waals surface area contributed by atoms with Crippen LogP contribution < -0.4 is 0 Å². The predicted molar refractivity (Wildman–Crippen MR) is 78.7 cm³/mol. The van der Waals surface area contributed by atoms with Crippen LogP contribution in [0.3, 0.4) is 0 Å². The molecule has 1 fully saturated rings. The van der Waals surface area contributed by atoms with Crippen molar-refractivity contribution in [2.24, 2.45) is 0 Å². The second kappa shape index (κ2) is 5.57. The highest BCUT2D eigenvalue weighted by Crippen LogP contribution is 2.24. The third-order valence-corrected chi connectivity index (χ3v) is 5.03. The van der Waals surface area contributed by atoms with E-state index < -0.39 is 0 Å². The van der Waals surface area contributed by atoms with Crippen molar-refractivity contribution in [3.63, 3.8) is 0 Å². The molecule has 2 rings (SSSR count). The zero-order chi connectivity index (χ0) is 12.4. The number of carbonyl (C=O) groups is 1. The smallest absolute Gasteiger partial charge is 0.255 e. The van der Waals surface area contributed by atoms with Crippen molar-refractivity contribution in [2.45, 2.75) is 25.8 Å². The molecule has 0 radical (unpaired) electrons. The SMILES string of the molecule is Cc1cccc(C(=O)N2CCCC2CCl)c1I. The van der Waals surface area contributed by atoms with Gasteiger partial charge in [0.2, 0.25) is 0 Å². The molecule has 0 saturated carbocycles. The van der Waals surface area contributed by atoms with Crippen LogP contribution in [0.4, 0.5) is 0 Å². The molecular weight excluding hydrogens is 349 g/mol. The second-order valence-electron chi connectivity index (χ2n) is 4.39. The van der Waals surface area contributed by atoms with Crippen LogP contribution in [0.15, 0.2) is 18.2 Å². The van der Waals surface area contributed by atoms with Gasteiger partial charge in [-0.1, -0.05) is 12.1 Å². The Hall–Kier alpha value is -0.290. The van der Waals surface area contributed by atoms with Crippen molar-refractivity contribution < 1.29 is 4.79 Å². The Labute approximate surface area is 120 Å². The zero-order valence-electron chi connectivity index (χ0n) is 9.75. The maximum Gasteiger partial charge on any atom is 0.255 e. The molecule has 1 atom stereocenters. The van der Waals surface area contributed by atoms with E-state index in [9.17, 15) is 4.79 Å². The fourth-order valence-corrected chi connectivity index (χ4v) is 3.14. The number of hydrogen-bond acceptors (Lipinski definition) is 1. The lowest BCUT2D eigenvalue weighted by molar-refractivity contribution is 0.0748. The first-order valence-corrected chi connectivity index (χ1v) is 7.38. The van der Waals surface area contributed by atoms with Crippen LogP contribution in [0, 0.1) is 10.5 Å². The molecule has 1 heterocycles. The quantitative estimate of drug-likeness (QED) is 0.582. The fourth-order valence-electron chi connectivity index (χ4n) is 2.23. The fraction of sp³-hybridized carbons (Fsp3) is 0.462. The summed E-state index contributed by atoms with van der Waals surface area (Å²) in [6.45, 7) is 2.86. The number of likely N-dealkylation sites (tertiary alicyclic amines) is 1. The summed E-state index contributed by atoms with van der Waals surface area (Å²) < 4.78 is 1.05. The highest BCUT2D eigenvalue weighted by molar-refractivity contribution is 14.1. The topological polar surface area (TPSA) is 20.3 Å². The summed E-state index contributed by atoms with van der Waals surface area (Å²) in [4.78, 5) is 14.4. The van der Waals surface area contributed by atoms with E-state index in [2.05, 4.69) is 22.6 Å². The monoisotopic (exact) mass is 363 g/mol. The predicted octanol–water partition coefficient (Wildman–Crippen LogP) is 3.44. The van der Waals surface area contributed by atoms with Gasteiger partial charge in [0.05, 0.1) is 5.56 Å². The van der Waals surface area contributed by atoms with Crippen molar-refractivity contribution >= 4 is 40.1 Å². The minimum atomic E-state index is 0.126. The number of carbonyl (C=O) groups excluding carboxylic acids is 1. The summed E-state index contributed by atoms with van der Waals surface area (Å²) in [5, 5.41) is 0. The molecular formula is C13H15ClINO. The normalized spacial score (nSPS) is 19.7. The van der Waals surface area contributed by atoms with Crippen LogP contribution >= 0.6 is 34.2 Å². The molecule has 1 aromatic carbocycles. The van der Waals surface area contributed by atoms with Gasteiger partial charge in [-0.25, -0.2) is 0 Å². The van der Waals surface area contributed by atoms with E-state index in [1.165, 1.54) is 0 Å². The molecule has 1 unspecified atom stereocenters. The van der Waals surface area contributed by atoms with Gasteiger partial charge in [0, 0.05) is 22.0 Å². The lowest BCUT2D eigenvalue weighted by Crippen LogP contribution is -2.37. The van der Waals surface area contributed by atoms with E-state index in [1.807, 2.05) is 30.0 Å². The molecule has 0 aliphatic carbocycles. The summed E-state index contributed by atoms with van der Waals surface area (Å²) in [5.74, 6) is 0.662. The Balaban J connectivity index is 2.28. The largest absolute Gasteiger partial charge is 0.334 e. The molecule has 92 valence electrons. The van der Waals surface area contributed by atoms with Crippen LogP contribution in [0.1, 0.15) is 28.8 Å². The lowest BCUT2D eigenvalue weighted by Gasteiger charge is -2.23. The van der Waals surface area contributed by atoms with Gasteiger partial charge >= 0.3 is 0 Å². The Morgan fingerprint density at radius 3 is 3.06 bits per heavy atom.